The summed E-state index contributed by atoms with van der Waals surface area (Å²) in [5.74, 6) is -1.22. The molecule has 8 aromatic rings. The highest BCUT2D eigenvalue weighted by Gasteiger charge is 2.24. The molecule has 16 heteroatoms. The molecule has 0 unspecified atom stereocenters. The molecule has 0 saturated heterocycles. The Morgan fingerprint density at radius 2 is 0.929 bits per heavy atom. The van der Waals surface area contributed by atoms with Crippen LogP contribution in [0.1, 0.15) is 58.5 Å². The summed E-state index contributed by atoms with van der Waals surface area (Å²) in [6, 6.07) is 34.4. The van der Waals surface area contributed by atoms with Gasteiger partial charge in [-0.1, -0.05) is 109 Å². The first-order chi connectivity index (χ1) is 33.7. The molecule has 0 aliphatic carbocycles. The molecule has 0 radical (unpaired) electrons. The van der Waals surface area contributed by atoms with Crippen molar-refractivity contribution in [3.63, 3.8) is 0 Å². The smallest absolute Gasteiger partial charge is 0.259 e. The summed E-state index contributed by atoms with van der Waals surface area (Å²) in [7, 11) is 0. The van der Waals surface area contributed by atoms with Crippen molar-refractivity contribution < 1.29 is 29.3 Å². The molecule has 70 heavy (non-hydrogen) atoms. The zero-order chi connectivity index (χ0) is 49.6. The van der Waals surface area contributed by atoms with Crippen molar-refractivity contribution in [1.82, 2.24) is 0 Å². The SMILES string of the molecule is CCCOc1cc(-c2cc(OCCC)c(NC(=O)c3cc4ccccc4c(N=Nc4cc(Cl)ccc4Cl)c3O)cc2C)c(C)cc1NC(=O)c1cc2ccccc2c(N=Nc2cc(Cl)ccc2Cl)c1O. The van der Waals surface area contributed by atoms with Gasteiger partial charge in [-0.05, 0) is 133 Å². The number of hydrogen-bond acceptors (Lipinski definition) is 10. The van der Waals surface area contributed by atoms with Crippen molar-refractivity contribution in [1.29, 1.82) is 0 Å². The van der Waals surface area contributed by atoms with E-state index in [0.29, 0.717) is 90.6 Å². The van der Waals surface area contributed by atoms with Crippen LogP contribution in [-0.2, 0) is 0 Å². The average molecular weight is 1010 g/mol. The molecule has 354 valence electrons. The van der Waals surface area contributed by atoms with Crippen molar-refractivity contribution in [2.24, 2.45) is 20.5 Å². The van der Waals surface area contributed by atoms with Crippen LogP contribution in [0.25, 0.3) is 32.7 Å². The minimum atomic E-state index is -0.612. The lowest BCUT2D eigenvalue weighted by Gasteiger charge is -2.20. The zero-order valence-corrected chi connectivity index (χ0v) is 41.2. The van der Waals surface area contributed by atoms with Gasteiger partial charge in [-0.2, -0.15) is 0 Å². The number of anilines is 2. The third-order valence-corrected chi connectivity index (χ3v) is 12.3. The molecule has 0 heterocycles. The Bertz CT molecular complexity index is 3190. The van der Waals surface area contributed by atoms with E-state index in [2.05, 4.69) is 31.1 Å². The van der Waals surface area contributed by atoms with Gasteiger partial charge in [-0.15, -0.1) is 20.5 Å². The fourth-order valence-electron chi connectivity index (χ4n) is 7.71. The van der Waals surface area contributed by atoms with Crippen LogP contribution in [-0.4, -0.2) is 35.2 Å². The summed E-state index contributed by atoms with van der Waals surface area (Å²) >= 11 is 25.1. The summed E-state index contributed by atoms with van der Waals surface area (Å²) in [5.41, 5.74) is 4.49. The molecule has 4 N–H and O–H groups in total. The summed E-state index contributed by atoms with van der Waals surface area (Å²) < 4.78 is 12.5. The largest absolute Gasteiger partial charge is 0.505 e. The molecule has 0 aliphatic heterocycles. The number of amides is 2. The number of carbonyl (C=O) groups is 2. The second-order valence-electron chi connectivity index (χ2n) is 16.2. The lowest BCUT2D eigenvalue weighted by atomic mass is 9.94. The Morgan fingerprint density at radius 1 is 0.529 bits per heavy atom. The van der Waals surface area contributed by atoms with E-state index in [1.54, 1.807) is 97.1 Å². The molecular weight excluding hydrogens is 970 g/mol. The number of hydrogen-bond donors (Lipinski definition) is 4. The first-order valence-corrected chi connectivity index (χ1v) is 23.7. The van der Waals surface area contributed by atoms with Gasteiger partial charge in [0.15, 0.2) is 11.5 Å². The molecule has 0 atom stereocenters. The molecule has 0 aromatic heterocycles. The first-order valence-electron chi connectivity index (χ1n) is 22.2. The van der Waals surface area contributed by atoms with Crippen molar-refractivity contribution >= 4 is 114 Å². The van der Waals surface area contributed by atoms with E-state index >= 15 is 0 Å². The van der Waals surface area contributed by atoms with Gasteiger partial charge in [0.25, 0.3) is 11.8 Å². The number of carbonyl (C=O) groups excluding carboxylic acids is 2. The number of halogens is 4. The van der Waals surface area contributed by atoms with E-state index in [9.17, 15) is 19.8 Å². The maximum absolute atomic E-state index is 14.2. The predicted octanol–water partition coefficient (Wildman–Crippen LogP) is 17.2. The third-order valence-electron chi connectivity index (χ3n) is 11.2. The fraction of sp³-hybridized carbons (Fsp3) is 0.148. The van der Waals surface area contributed by atoms with Crippen LogP contribution < -0.4 is 20.1 Å². The van der Waals surface area contributed by atoms with Crippen molar-refractivity contribution in [3.05, 3.63) is 164 Å². The molecule has 8 rings (SSSR count). The quantitative estimate of drug-likeness (QED) is 0.0746. The second-order valence-corrected chi connectivity index (χ2v) is 17.9. The van der Waals surface area contributed by atoms with Crippen molar-refractivity contribution in [2.45, 2.75) is 40.5 Å². The Morgan fingerprint density at radius 3 is 1.33 bits per heavy atom. The number of aryl methyl sites for hydroxylation is 2. The molecule has 0 spiro atoms. The zero-order valence-electron chi connectivity index (χ0n) is 38.2. The highest BCUT2D eigenvalue weighted by Crippen LogP contribution is 2.45. The lowest BCUT2D eigenvalue weighted by Crippen LogP contribution is -2.14. The van der Waals surface area contributed by atoms with E-state index in [4.69, 9.17) is 55.9 Å². The minimum absolute atomic E-state index is 0.0423. The lowest BCUT2D eigenvalue weighted by molar-refractivity contribution is 0.101. The molecule has 12 nitrogen and oxygen atoms in total. The normalized spacial score (nSPS) is 11.5. The molecule has 0 aliphatic rings. The van der Waals surface area contributed by atoms with Crippen LogP contribution in [0, 0.1) is 13.8 Å². The highest BCUT2D eigenvalue weighted by molar-refractivity contribution is 6.35. The third kappa shape index (κ3) is 10.7. The van der Waals surface area contributed by atoms with Gasteiger partial charge < -0.3 is 30.3 Å². The standard InChI is InChI=1S/C54H44Cl4N6O6/c1-5-19-69-47-27-37(29(3)21-45(47)59-53(67)39-23-31-11-7-9-13-35(31)49(51(39)65)63-61-43-25-33(55)15-17-41(43)57)38-28-48(70-20-6-2)46(22-30(38)4)60-54(68)40-24-32-12-8-10-14-36(32)50(52(40)66)64-62-44-26-34(56)16-18-42(44)58/h7-18,21-28,65-66H,5-6,19-20H2,1-4H3,(H,59,67)(H,60,68). The van der Waals surface area contributed by atoms with E-state index in [1.807, 2.05) is 52.0 Å². The monoisotopic (exact) mass is 1010 g/mol. The van der Waals surface area contributed by atoms with Gasteiger partial charge in [0.05, 0.1) is 45.8 Å². The number of ether oxygens (including phenoxy) is 2. The maximum atomic E-state index is 14.2. The van der Waals surface area contributed by atoms with Crippen LogP contribution in [0.15, 0.2) is 142 Å². The Hall–Kier alpha value is -7.22. The summed E-state index contributed by atoms with van der Waals surface area (Å²) in [6.07, 6.45) is 1.37. The number of nitrogens with one attached hydrogen (secondary N) is 2. The number of phenolic OH excluding ortho intramolecular Hbond substituents is 2. The number of rotatable bonds is 15. The Labute approximate surface area is 423 Å². The average Bonchev–Trinajstić information content (AvgIpc) is 3.34. The summed E-state index contributed by atoms with van der Waals surface area (Å²) in [4.78, 5) is 28.4. The number of aromatic hydroxyl groups is 2. The first kappa shape index (κ1) is 49.2. The topological polar surface area (TPSA) is 167 Å². The molecule has 8 aromatic carbocycles. The number of fused-ring (bicyclic) bond motifs is 2. The van der Waals surface area contributed by atoms with Crippen molar-refractivity contribution in [3.8, 4) is 34.1 Å². The van der Waals surface area contributed by atoms with Gasteiger partial charge in [0.2, 0.25) is 0 Å². The van der Waals surface area contributed by atoms with Crippen LogP contribution in [0.4, 0.5) is 34.1 Å². The molecule has 0 saturated carbocycles. The van der Waals surface area contributed by atoms with E-state index in [1.165, 1.54) is 0 Å². The van der Waals surface area contributed by atoms with E-state index < -0.39 is 11.8 Å². The minimum Gasteiger partial charge on any atom is -0.505 e. The highest BCUT2D eigenvalue weighted by atomic mass is 35.5. The number of benzene rings is 8. The predicted molar refractivity (Wildman–Crippen MR) is 281 cm³/mol. The van der Waals surface area contributed by atoms with Crippen LogP contribution in [0.3, 0.4) is 0 Å². The fourth-order valence-corrected chi connectivity index (χ4v) is 8.35. The number of phenols is 2. The Balaban J connectivity index is 1.13. The number of nitrogens with zero attached hydrogens (tertiary/aromatic N) is 4. The summed E-state index contributed by atoms with van der Waals surface area (Å²) in [5, 5.41) is 50.3. The van der Waals surface area contributed by atoms with Gasteiger partial charge in [0.1, 0.15) is 34.2 Å². The maximum Gasteiger partial charge on any atom is 0.259 e. The van der Waals surface area contributed by atoms with Gasteiger partial charge in [0, 0.05) is 20.8 Å². The van der Waals surface area contributed by atoms with Gasteiger partial charge >= 0.3 is 0 Å². The molecule has 0 fully saturated rings. The van der Waals surface area contributed by atoms with E-state index in [0.717, 1.165) is 22.3 Å². The number of azo groups is 2. The summed E-state index contributed by atoms with van der Waals surface area (Å²) in [6.45, 7) is 8.44. The van der Waals surface area contributed by atoms with Crippen LogP contribution in [0.2, 0.25) is 20.1 Å². The van der Waals surface area contributed by atoms with Crippen molar-refractivity contribution in [2.75, 3.05) is 23.8 Å². The van der Waals surface area contributed by atoms with Crippen LogP contribution >= 0.6 is 46.4 Å². The molecule has 0 bridgehead atoms. The second kappa shape index (κ2) is 21.6. The molecule has 2 amide bonds. The van der Waals surface area contributed by atoms with Gasteiger partial charge in [-0.25, -0.2) is 0 Å². The van der Waals surface area contributed by atoms with E-state index in [-0.39, 0.29) is 45.4 Å². The van der Waals surface area contributed by atoms with Gasteiger partial charge in [-0.3, -0.25) is 9.59 Å². The van der Waals surface area contributed by atoms with Crippen LogP contribution in [0.5, 0.6) is 23.0 Å². The molecular formula is C54H44Cl4N6O6. The Kier molecular flexibility index (Phi) is 15.2.